The Labute approximate surface area is 161 Å². The van der Waals surface area contributed by atoms with E-state index >= 15 is 0 Å². The van der Waals surface area contributed by atoms with Crippen molar-refractivity contribution in [2.24, 2.45) is 4.99 Å². The number of benzene rings is 1. The van der Waals surface area contributed by atoms with Crippen LogP contribution in [0.3, 0.4) is 0 Å². The zero-order chi connectivity index (χ0) is 19.9. The molecule has 2 aromatic rings. The smallest absolute Gasteiger partial charge is 0.232 e. The normalized spacial score (nSPS) is 13.3. The van der Waals surface area contributed by atoms with Crippen LogP contribution in [-0.4, -0.2) is 35.3 Å². The number of aryl methyl sites for hydroxylation is 1. The van der Waals surface area contributed by atoms with Crippen molar-refractivity contribution in [2.75, 3.05) is 13.1 Å². The van der Waals surface area contributed by atoms with Gasteiger partial charge in [0, 0.05) is 12.0 Å². The average molecular weight is 374 g/mol. The largest absolute Gasteiger partial charge is 0.489 e. The van der Waals surface area contributed by atoms with Crippen molar-refractivity contribution in [1.82, 2.24) is 20.8 Å². The van der Waals surface area contributed by atoms with E-state index in [0.29, 0.717) is 30.8 Å². The Bertz CT molecular complexity index is 749. The summed E-state index contributed by atoms with van der Waals surface area (Å²) in [5.74, 6) is 2.78. The first kappa shape index (κ1) is 20.7. The number of hydrogen-bond acceptors (Lipinski definition) is 5. The summed E-state index contributed by atoms with van der Waals surface area (Å²) < 4.78 is 11.3. The number of rotatable bonds is 7. The Hall–Kier alpha value is -2.57. The Kier molecular flexibility index (Phi) is 7.21. The third kappa shape index (κ3) is 6.58. The summed E-state index contributed by atoms with van der Waals surface area (Å²) in [6.45, 7) is 13.9. The van der Waals surface area contributed by atoms with Gasteiger partial charge in [-0.05, 0) is 32.4 Å². The van der Waals surface area contributed by atoms with E-state index in [2.05, 4.69) is 25.8 Å². The lowest BCUT2D eigenvalue weighted by Crippen LogP contribution is -2.41. The van der Waals surface area contributed by atoms with Gasteiger partial charge in [0.2, 0.25) is 5.89 Å². The summed E-state index contributed by atoms with van der Waals surface area (Å²) in [5.41, 5.74) is 0.955. The summed E-state index contributed by atoms with van der Waals surface area (Å²) in [6.07, 6.45) is -0.00683. The highest BCUT2D eigenvalue weighted by Gasteiger charge is 2.21. The molecule has 1 unspecified atom stereocenters. The van der Waals surface area contributed by atoms with Gasteiger partial charge >= 0.3 is 0 Å². The molecule has 0 aliphatic heterocycles. The predicted octanol–water partition coefficient (Wildman–Crippen LogP) is 3.20. The van der Waals surface area contributed by atoms with E-state index in [4.69, 9.17) is 9.26 Å². The Morgan fingerprint density at radius 1 is 1.26 bits per heavy atom. The summed E-state index contributed by atoms with van der Waals surface area (Å²) >= 11 is 0. The molecule has 2 rings (SSSR count). The summed E-state index contributed by atoms with van der Waals surface area (Å²) in [4.78, 5) is 8.94. The van der Waals surface area contributed by atoms with E-state index in [1.165, 1.54) is 0 Å². The molecule has 0 amide bonds. The zero-order valence-electron chi connectivity index (χ0n) is 17.2. The van der Waals surface area contributed by atoms with Crippen LogP contribution < -0.4 is 15.4 Å². The molecule has 1 aromatic carbocycles. The van der Waals surface area contributed by atoms with Crippen LogP contribution in [0.4, 0.5) is 0 Å². The first-order chi connectivity index (χ1) is 12.8. The van der Waals surface area contributed by atoms with Crippen LogP contribution >= 0.6 is 0 Å². The number of hydrogen-bond donors (Lipinski definition) is 2. The van der Waals surface area contributed by atoms with E-state index in [9.17, 15) is 0 Å². The molecule has 0 spiro atoms. The molecule has 1 atom stereocenters. The van der Waals surface area contributed by atoms with Gasteiger partial charge in [-0.15, -0.1) is 0 Å². The van der Waals surface area contributed by atoms with Gasteiger partial charge in [0.25, 0.3) is 0 Å². The molecular weight excluding hydrogens is 342 g/mol. The molecule has 7 nitrogen and oxygen atoms in total. The average Bonchev–Trinajstić information content (AvgIpc) is 3.09. The Morgan fingerprint density at radius 2 is 2.00 bits per heavy atom. The fraction of sp³-hybridized carbons (Fsp3) is 0.550. The standard InChI is InChI=1S/C20H31N5O2/c1-7-21-19(23-13-17-24-18(27-25-17)20(4,5)6)22-12-15(3)26-16-11-9-8-10-14(16)2/h8-11,15H,7,12-13H2,1-6H3,(H2,21,22,23). The minimum absolute atomic E-state index is 0.00683. The predicted molar refractivity (Wildman–Crippen MR) is 107 cm³/mol. The monoisotopic (exact) mass is 373 g/mol. The molecule has 0 bridgehead atoms. The molecule has 0 aliphatic rings. The second kappa shape index (κ2) is 9.39. The van der Waals surface area contributed by atoms with Crippen LogP contribution in [0.15, 0.2) is 33.8 Å². The van der Waals surface area contributed by atoms with Crippen molar-refractivity contribution in [2.45, 2.75) is 59.6 Å². The lowest BCUT2D eigenvalue weighted by molar-refractivity contribution is 0.222. The second-order valence-corrected chi connectivity index (χ2v) is 7.54. The highest BCUT2D eigenvalue weighted by Crippen LogP contribution is 2.20. The molecule has 27 heavy (non-hydrogen) atoms. The van der Waals surface area contributed by atoms with Crippen LogP contribution in [0, 0.1) is 6.92 Å². The van der Waals surface area contributed by atoms with Crippen LogP contribution in [0.2, 0.25) is 0 Å². The summed E-state index contributed by atoms with van der Waals surface area (Å²) in [5, 5.41) is 10.5. The molecular formula is C20H31N5O2. The molecule has 0 fully saturated rings. The molecule has 0 radical (unpaired) electrons. The summed E-state index contributed by atoms with van der Waals surface area (Å²) in [7, 11) is 0. The third-order valence-corrected chi connectivity index (χ3v) is 3.81. The van der Waals surface area contributed by atoms with Crippen LogP contribution in [-0.2, 0) is 12.0 Å². The molecule has 0 saturated carbocycles. The first-order valence-corrected chi connectivity index (χ1v) is 9.37. The topological polar surface area (TPSA) is 84.6 Å². The fourth-order valence-electron chi connectivity index (χ4n) is 2.30. The van der Waals surface area contributed by atoms with Crippen LogP contribution in [0.5, 0.6) is 5.75 Å². The van der Waals surface area contributed by atoms with Gasteiger partial charge < -0.3 is 19.9 Å². The van der Waals surface area contributed by atoms with Crippen molar-refractivity contribution in [3.63, 3.8) is 0 Å². The molecule has 1 aromatic heterocycles. The lowest BCUT2D eigenvalue weighted by Gasteiger charge is -2.18. The maximum absolute atomic E-state index is 5.99. The van der Waals surface area contributed by atoms with Gasteiger partial charge in [0.15, 0.2) is 11.8 Å². The SMILES string of the molecule is CCNC(=NCc1noc(C(C)(C)C)n1)NCC(C)Oc1ccccc1C. The van der Waals surface area contributed by atoms with Crippen molar-refractivity contribution in [1.29, 1.82) is 0 Å². The van der Waals surface area contributed by atoms with E-state index in [0.717, 1.165) is 17.9 Å². The number of guanidine groups is 1. The van der Waals surface area contributed by atoms with E-state index in [-0.39, 0.29) is 11.5 Å². The maximum Gasteiger partial charge on any atom is 0.232 e. The minimum Gasteiger partial charge on any atom is -0.489 e. The first-order valence-electron chi connectivity index (χ1n) is 9.37. The Morgan fingerprint density at radius 3 is 2.63 bits per heavy atom. The van der Waals surface area contributed by atoms with Crippen LogP contribution in [0.1, 0.15) is 51.9 Å². The molecule has 1 heterocycles. The lowest BCUT2D eigenvalue weighted by atomic mass is 9.97. The highest BCUT2D eigenvalue weighted by atomic mass is 16.5. The summed E-state index contributed by atoms with van der Waals surface area (Å²) in [6, 6.07) is 8.00. The third-order valence-electron chi connectivity index (χ3n) is 3.81. The Balaban J connectivity index is 1.91. The second-order valence-electron chi connectivity index (χ2n) is 7.54. The molecule has 0 aliphatic carbocycles. The maximum atomic E-state index is 5.99. The van der Waals surface area contributed by atoms with Crippen molar-refractivity contribution in [3.8, 4) is 5.75 Å². The van der Waals surface area contributed by atoms with Crippen molar-refractivity contribution < 1.29 is 9.26 Å². The number of nitrogens with one attached hydrogen (secondary N) is 2. The molecule has 148 valence electrons. The van der Waals surface area contributed by atoms with Gasteiger partial charge in [-0.25, -0.2) is 4.99 Å². The zero-order valence-corrected chi connectivity index (χ0v) is 17.2. The number of ether oxygens (including phenoxy) is 1. The van der Waals surface area contributed by atoms with E-state index < -0.39 is 0 Å². The van der Waals surface area contributed by atoms with Gasteiger partial charge in [0.05, 0.1) is 6.54 Å². The minimum atomic E-state index is -0.167. The molecule has 2 N–H and O–H groups in total. The van der Waals surface area contributed by atoms with Crippen molar-refractivity contribution >= 4 is 5.96 Å². The van der Waals surface area contributed by atoms with Gasteiger partial charge in [-0.3, -0.25) is 0 Å². The molecule has 7 heteroatoms. The van der Waals surface area contributed by atoms with Crippen molar-refractivity contribution in [3.05, 3.63) is 41.5 Å². The quantitative estimate of drug-likeness (QED) is 0.573. The van der Waals surface area contributed by atoms with E-state index in [1.54, 1.807) is 0 Å². The number of aromatic nitrogens is 2. The van der Waals surface area contributed by atoms with Gasteiger partial charge in [-0.1, -0.05) is 44.1 Å². The van der Waals surface area contributed by atoms with Gasteiger partial charge in [-0.2, -0.15) is 4.98 Å². The fourth-order valence-corrected chi connectivity index (χ4v) is 2.30. The number of para-hydroxylation sites is 1. The number of nitrogens with zero attached hydrogens (tertiary/aromatic N) is 3. The number of aliphatic imine (C=N–C) groups is 1. The highest BCUT2D eigenvalue weighted by molar-refractivity contribution is 5.79. The van der Waals surface area contributed by atoms with Crippen LogP contribution in [0.25, 0.3) is 0 Å². The van der Waals surface area contributed by atoms with E-state index in [1.807, 2.05) is 65.8 Å². The van der Waals surface area contributed by atoms with Gasteiger partial charge in [0.1, 0.15) is 18.4 Å². The molecule has 0 saturated heterocycles.